The molecular weight excluding hydrogens is 476 g/mol. The number of hydrogen-bond donors (Lipinski definition) is 0. The van der Waals surface area contributed by atoms with E-state index in [4.69, 9.17) is 9.98 Å². The van der Waals surface area contributed by atoms with Crippen LogP contribution in [0.5, 0.6) is 0 Å². The Balaban J connectivity index is 2.33. The molecule has 1 aliphatic heterocycles. The maximum Gasteiger partial charge on any atom is 0.0701 e. The molecule has 0 N–H and O–H groups in total. The lowest BCUT2D eigenvalue weighted by atomic mass is 9.91. The Morgan fingerprint density at radius 3 is 2.13 bits per heavy atom. The molecule has 1 heterocycles. The van der Waals surface area contributed by atoms with Crippen LogP contribution in [0.4, 0.5) is 0 Å². The lowest BCUT2D eigenvalue weighted by molar-refractivity contribution is 0.0759. The molecule has 2 rings (SSSR count). The maximum atomic E-state index is 5.24. The van der Waals surface area contributed by atoms with Crippen molar-refractivity contribution in [3.8, 4) is 0 Å². The van der Waals surface area contributed by atoms with Crippen molar-refractivity contribution < 1.29 is 0 Å². The molecular formula is C35H54N4. The van der Waals surface area contributed by atoms with Gasteiger partial charge in [-0.2, -0.15) is 0 Å². The third kappa shape index (κ3) is 9.76. The van der Waals surface area contributed by atoms with Crippen LogP contribution in [-0.4, -0.2) is 53.4 Å². The van der Waals surface area contributed by atoms with Crippen LogP contribution >= 0.6 is 0 Å². The summed E-state index contributed by atoms with van der Waals surface area (Å²) in [5.74, 6) is 0.344. The van der Waals surface area contributed by atoms with Gasteiger partial charge < -0.3 is 4.90 Å². The third-order valence-corrected chi connectivity index (χ3v) is 8.18. The SMILES string of the molecule is C=CC=C(/N=C(/C=C\C(=C/C)N1CCN(C2CCC2)CC1)C(C)CC)C(/C=C(CC)\C(C)=N\C(C)=C/C)=C/C. The molecule has 0 bridgehead atoms. The first kappa shape index (κ1) is 32.5. The Labute approximate surface area is 240 Å². The molecule has 1 saturated heterocycles. The molecule has 0 aromatic rings. The highest BCUT2D eigenvalue weighted by atomic mass is 15.3. The fourth-order valence-electron chi connectivity index (χ4n) is 4.98. The van der Waals surface area contributed by atoms with Gasteiger partial charge in [-0.1, -0.05) is 58.1 Å². The zero-order valence-electron chi connectivity index (χ0n) is 26.1. The van der Waals surface area contributed by atoms with E-state index in [-0.39, 0.29) is 0 Å². The second-order valence-corrected chi connectivity index (χ2v) is 10.7. The Hall–Kier alpha value is -2.72. The standard InChI is InChI=1S/C35H54N4/c1-10-17-35(31(14-5)26-30(13-4)29(9)36-28(8)12-3)37-34(27(7)11-2)21-20-32(15-6)38-22-24-39(25-23-38)33-18-16-19-33/h10,12,14-15,17,20-21,26-27,33H,1,11,13,16,18-19,22-25H2,2-9H3/b21-20-,28-12-,30-26-,31-14+,32-15+,35-17?,36-29+,37-34-. The van der Waals surface area contributed by atoms with E-state index in [1.165, 1.54) is 43.6 Å². The van der Waals surface area contributed by atoms with Gasteiger partial charge in [0.1, 0.15) is 0 Å². The average Bonchev–Trinajstić information content (AvgIpc) is 2.92. The summed E-state index contributed by atoms with van der Waals surface area (Å²) < 4.78 is 0. The Kier molecular flexibility index (Phi) is 14.2. The molecule has 4 nitrogen and oxygen atoms in total. The van der Waals surface area contributed by atoms with E-state index < -0.39 is 0 Å². The van der Waals surface area contributed by atoms with Crippen molar-refractivity contribution in [2.45, 2.75) is 93.5 Å². The highest BCUT2D eigenvalue weighted by molar-refractivity contribution is 6.00. The molecule has 1 aliphatic carbocycles. The van der Waals surface area contributed by atoms with Crippen LogP contribution in [0.1, 0.15) is 87.5 Å². The normalized spacial score (nSPS) is 21.0. The van der Waals surface area contributed by atoms with Gasteiger partial charge in [-0.05, 0) is 102 Å². The molecule has 2 fully saturated rings. The van der Waals surface area contributed by atoms with Crippen LogP contribution < -0.4 is 0 Å². The number of nitrogens with zero attached hydrogens (tertiary/aromatic N) is 4. The summed E-state index contributed by atoms with van der Waals surface area (Å²) in [7, 11) is 0. The minimum atomic E-state index is 0.344. The van der Waals surface area contributed by atoms with E-state index in [2.05, 4.69) is 88.3 Å². The van der Waals surface area contributed by atoms with Gasteiger partial charge >= 0.3 is 0 Å². The van der Waals surface area contributed by atoms with Crippen LogP contribution in [0.3, 0.4) is 0 Å². The molecule has 1 atom stereocenters. The first-order valence-corrected chi connectivity index (χ1v) is 15.1. The van der Waals surface area contributed by atoms with Crippen molar-refractivity contribution in [2.75, 3.05) is 26.2 Å². The molecule has 0 spiro atoms. The number of rotatable bonds is 13. The van der Waals surface area contributed by atoms with E-state index in [1.807, 2.05) is 32.1 Å². The van der Waals surface area contributed by atoms with Crippen molar-refractivity contribution >= 4 is 11.4 Å². The summed E-state index contributed by atoms with van der Waals surface area (Å²) in [4.78, 5) is 15.2. The van der Waals surface area contributed by atoms with Crippen molar-refractivity contribution in [2.24, 2.45) is 15.9 Å². The quantitative estimate of drug-likeness (QED) is 0.176. The first-order valence-electron chi connectivity index (χ1n) is 15.1. The van der Waals surface area contributed by atoms with Gasteiger partial charge in [0.25, 0.3) is 0 Å². The van der Waals surface area contributed by atoms with E-state index in [0.29, 0.717) is 5.92 Å². The van der Waals surface area contributed by atoms with Crippen LogP contribution in [0.15, 0.2) is 93.4 Å². The summed E-state index contributed by atoms with van der Waals surface area (Å²) in [5.41, 5.74) is 7.70. The number of allylic oxidation sites excluding steroid dienone is 10. The lowest BCUT2D eigenvalue weighted by Gasteiger charge is -2.43. The summed E-state index contributed by atoms with van der Waals surface area (Å²) in [6, 6.07) is 0.834. The second-order valence-electron chi connectivity index (χ2n) is 10.7. The van der Waals surface area contributed by atoms with Crippen LogP contribution in [-0.2, 0) is 0 Å². The molecule has 2 aliphatic rings. The maximum absolute atomic E-state index is 5.24. The van der Waals surface area contributed by atoms with Crippen molar-refractivity contribution in [3.05, 3.63) is 83.4 Å². The van der Waals surface area contributed by atoms with E-state index >= 15 is 0 Å². The molecule has 39 heavy (non-hydrogen) atoms. The molecule has 214 valence electrons. The number of piperazine rings is 1. The van der Waals surface area contributed by atoms with Gasteiger partial charge in [-0.15, -0.1) is 0 Å². The van der Waals surface area contributed by atoms with Gasteiger partial charge in [0.15, 0.2) is 0 Å². The zero-order valence-corrected chi connectivity index (χ0v) is 26.1. The fraction of sp³-hybridized carbons (Fsp3) is 0.543. The highest BCUT2D eigenvalue weighted by Gasteiger charge is 2.28. The van der Waals surface area contributed by atoms with Crippen molar-refractivity contribution in [1.82, 2.24) is 9.80 Å². The largest absolute Gasteiger partial charge is 0.369 e. The molecule has 1 saturated carbocycles. The zero-order chi connectivity index (χ0) is 28.8. The summed E-state index contributed by atoms with van der Waals surface area (Å²) in [6.07, 6.45) is 23.1. The van der Waals surface area contributed by atoms with Crippen LogP contribution in [0.2, 0.25) is 0 Å². The predicted molar refractivity (Wildman–Crippen MR) is 174 cm³/mol. The third-order valence-electron chi connectivity index (χ3n) is 8.18. The van der Waals surface area contributed by atoms with Gasteiger partial charge in [-0.25, -0.2) is 0 Å². The molecule has 0 aromatic heterocycles. The molecule has 0 radical (unpaired) electrons. The monoisotopic (exact) mass is 530 g/mol. The molecule has 0 aromatic carbocycles. The summed E-state index contributed by atoms with van der Waals surface area (Å²) in [6.45, 7) is 25.6. The van der Waals surface area contributed by atoms with E-state index in [0.717, 1.165) is 60.4 Å². The summed E-state index contributed by atoms with van der Waals surface area (Å²) in [5, 5.41) is 0. The molecule has 0 amide bonds. The second kappa shape index (κ2) is 17.1. The minimum Gasteiger partial charge on any atom is -0.369 e. The molecule has 1 unspecified atom stereocenters. The predicted octanol–water partition coefficient (Wildman–Crippen LogP) is 8.84. The van der Waals surface area contributed by atoms with Crippen molar-refractivity contribution in [3.63, 3.8) is 0 Å². The smallest absolute Gasteiger partial charge is 0.0701 e. The van der Waals surface area contributed by atoms with Gasteiger partial charge in [0, 0.05) is 55.0 Å². The summed E-state index contributed by atoms with van der Waals surface area (Å²) >= 11 is 0. The topological polar surface area (TPSA) is 31.2 Å². The molecule has 4 heteroatoms. The van der Waals surface area contributed by atoms with Gasteiger partial charge in [0.2, 0.25) is 0 Å². The van der Waals surface area contributed by atoms with E-state index in [1.54, 1.807) is 0 Å². The van der Waals surface area contributed by atoms with Gasteiger partial charge in [-0.3, -0.25) is 14.9 Å². The van der Waals surface area contributed by atoms with Crippen LogP contribution in [0.25, 0.3) is 0 Å². The highest BCUT2D eigenvalue weighted by Crippen LogP contribution is 2.26. The van der Waals surface area contributed by atoms with Gasteiger partial charge in [0.05, 0.1) is 5.70 Å². The Morgan fingerprint density at radius 2 is 1.64 bits per heavy atom. The van der Waals surface area contributed by atoms with E-state index in [9.17, 15) is 0 Å². The van der Waals surface area contributed by atoms with Crippen molar-refractivity contribution in [1.29, 1.82) is 0 Å². The number of hydrogen-bond acceptors (Lipinski definition) is 4. The first-order chi connectivity index (χ1) is 18.8. The average molecular weight is 531 g/mol. The minimum absolute atomic E-state index is 0.344. The fourth-order valence-corrected chi connectivity index (χ4v) is 4.98. The van der Waals surface area contributed by atoms with Crippen LogP contribution in [0, 0.1) is 5.92 Å². The number of aliphatic imine (C=N–C) groups is 2. The Bertz CT molecular complexity index is 1050. The Morgan fingerprint density at radius 1 is 0.949 bits per heavy atom. The lowest BCUT2D eigenvalue weighted by Crippen LogP contribution is -2.51.